The molecule has 0 atom stereocenters. The number of carbonyl (C=O) groups excluding carboxylic acids is 2. The van der Waals surface area contributed by atoms with Gasteiger partial charge in [0, 0.05) is 41.1 Å². The van der Waals surface area contributed by atoms with Gasteiger partial charge in [0.1, 0.15) is 5.75 Å². The molecule has 7 nitrogen and oxygen atoms in total. The second kappa shape index (κ2) is 9.75. The third-order valence-electron chi connectivity index (χ3n) is 4.23. The Bertz CT molecular complexity index is 895. The highest BCUT2D eigenvalue weighted by molar-refractivity contribution is 6.40. The number of anilines is 2. The van der Waals surface area contributed by atoms with Gasteiger partial charge in [0.2, 0.25) is 0 Å². The number of rotatable bonds is 6. The molecular weight excluding hydrogens is 380 g/mol. The van der Waals surface area contributed by atoms with Crippen molar-refractivity contribution in [3.8, 4) is 5.75 Å². The standard InChI is InChI=1S/C20H23ClN4O3/c1-4-25(5-2)15-10-9-14(18(26)11-15)12-22-24-20(28)19(27)23-17-8-6-7-16(21)13(17)3/h6-12,26H,4-5H2,1-3H3,(H,23,27)(H,24,28). The maximum Gasteiger partial charge on any atom is 0.329 e. The van der Waals surface area contributed by atoms with Crippen LogP contribution in [0.25, 0.3) is 0 Å². The quantitative estimate of drug-likeness (QED) is 0.392. The molecule has 2 aromatic rings. The average Bonchev–Trinajstić information content (AvgIpc) is 2.67. The van der Waals surface area contributed by atoms with Gasteiger partial charge in [0.25, 0.3) is 0 Å². The van der Waals surface area contributed by atoms with Crippen LogP contribution < -0.4 is 15.6 Å². The third-order valence-corrected chi connectivity index (χ3v) is 4.64. The fourth-order valence-electron chi connectivity index (χ4n) is 2.56. The van der Waals surface area contributed by atoms with Gasteiger partial charge in [-0.1, -0.05) is 17.7 Å². The van der Waals surface area contributed by atoms with E-state index >= 15 is 0 Å². The molecule has 0 saturated heterocycles. The van der Waals surface area contributed by atoms with Gasteiger partial charge in [-0.05, 0) is 50.6 Å². The minimum atomic E-state index is -0.935. The number of hydrogen-bond donors (Lipinski definition) is 3. The number of amides is 2. The molecule has 0 unspecified atom stereocenters. The van der Waals surface area contributed by atoms with Crippen molar-refractivity contribution in [2.45, 2.75) is 20.8 Å². The van der Waals surface area contributed by atoms with Crippen molar-refractivity contribution in [2.24, 2.45) is 5.10 Å². The number of phenols is 1. The van der Waals surface area contributed by atoms with Gasteiger partial charge in [-0.3, -0.25) is 9.59 Å². The monoisotopic (exact) mass is 402 g/mol. The molecule has 0 saturated carbocycles. The van der Waals surface area contributed by atoms with Gasteiger partial charge in [-0.2, -0.15) is 5.10 Å². The zero-order chi connectivity index (χ0) is 20.7. The lowest BCUT2D eigenvalue weighted by atomic mass is 10.2. The van der Waals surface area contributed by atoms with E-state index in [1.165, 1.54) is 6.21 Å². The zero-order valence-electron chi connectivity index (χ0n) is 16.0. The van der Waals surface area contributed by atoms with Crippen LogP contribution in [0, 0.1) is 6.92 Å². The molecule has 2 amide bonds. The number of halogens is 1. The predicted octanol–water partition coefficient (Wildman–Crippen LogP) is 3.29. The topological polar surface area (TPSA) is 94.0 Å². The first-order valence-corrected chi connectivity index (χ1v) is 9.22. The minimum Gasteiger partial charge on any atom is -0.507 e. The smallest absolute Gasteiger partial charge is 0.329 e. The molecule has 0 radical (unpaired) electrons. The van der Waals surface area contributed by atoms with E-state index in [-0.39, 0.29) is 5.75 Å². The lowest BCUT2D eigenvalue weighted by Gasteiger charge is -2.21. The Hall–Kier alpha value is -3.06. The summed E-state index contributed by atoms with van der Waals surface area (Å²) >= 11 is 5.99. The molecule has 28 heavy (non-hydrogen) atoms. The Balaban J connectivity index is 1.99. The molecule has 0 aliphatic heterocycles. The largest absolute Gasteiger partial charge is 0.507 e. The molecule has 8 heteroatoms. The maximum absolute atomic E-state index is 12.0. The summed E-state index contributed by atoms with van der Waals surface area (Å²) < 4.78 is 0. The summed E-state index contributed by atoms with van der Waals surface area (Å²) in [6.07, 6.45) is 1.27. The lowest BCUT2D eigenvalue weighted by molar-refractivity contribution is -0.136. The first kappa shape index (κ1) is 21.2. The van der Waals surface area contributed by atoms with Crippen LogP contribution in [-0.4, -0.2) is 36.2 Å². The fourth-order valence-corrected chi connectivity index (χ4v) is 2.73. The Morgan fingerprint density at radius 2 is 1.89 bits per heavy atom. The molecule has 0 fully saturated rings. The van der Waals surface area contributed by atoms with E-state index in [0.717, 1.165) is 18.8 Å². The van der Waals surface area contributed by atoms with Crippen LogP contribution in [-0.2, 0) is 9.59 Å². The van der Waals surface area contributed by atoms with E-state index in [4.69, 9.17) is 11.6 Å². The van der Waals surface area contributed by atoms with E-state index in [1.54, 1.807) is 37.3 Å². The minimum absolute atomic E-state index is 0.0291. The van der Waals surface area contributed by atoms with Crippen molar-refractivity contribution in [3.63, 3.8) is 0 Å². The van der Waals surface area contributed by atoms with Crippen molar-refractivity contribution in [1.29, 1.82) is 0 Å². The molecule has 3 N–H and O–H groups in total. The van der Waals surface area contributed by atoms with Crippen molar-refractivity contribution in [3.05, 3.63) is 52.5 Å². The molecular formula is C20H23ClN4O3. The van der Waals surface area contributed by atoms with Gasteiger partial charge >= 0.3 is 11.8 Å². The maximum atomic E-state index is 12.0. The first-order chi connectivity index (χ1) is 13.4. The number of aromatic hydroxyl groups is 1. The number of hydrazone groups is 1. The number of benzene rings is 2. The average molecular weight is 403 g/mol. The molecule has 148 valence electrons. The van der Waals surface area contributed by atoms with E-state index in [9.17, 15) is 14.7 Å². The first-order valence-electron chi connectivity index (χ1n) is 8.84. The van der Waals surface area contributed by atoms with Crippen LogP contribution in [0.15, 0.2) is 41.5 Å². The van der Waals surface area contributed by atoms with Crippen LogP contribution in [0.1, 0.15) is 25.0 Å². The number of hydrogen-bond acceptors (Lipinski definition) is 5. The molecule has 0 heterocycles. The van der Waals surface area contributed by atoms with Gasteiger partial charge < -0.3 is 15.3 Å². The van der Waals surface area contributed by atoms with Gasteiger partial charge in [-0.25, -0.2) is 5.43 Å². The van der Waals surface area contributed by atoms with E-state index in [2.05, 4.69) is 20.7 Å². The number of carbonyl (C=O) groups is 2. The Morgan fingerprint density at radius 3 is 2.54 bits per heavy atom. The third kappa shape index (κ3) is 5.23. The fraction of sp³-hybridized carbons (Fsp3) is 0.250. The van der Waals surface area contributed by atoms with Crippen LogP contribution in [0.2, 0.25) is 5.02 Å². The zero-order valence-corrected chi connectivity index (χ0v) is 16.7. The van der Waals surface area contributed by atoms with Gasteiger partial charge in [-0.15, -0.1) is 0 Å². The van der Waals surface area contributed by atoms with Crippen LogP contribution >= 0.6 is 11.6 Å². The highest BCUT2D eigenvalue weighted by Gasteiger charge is 2.14. The summed E-state index contributed by atoms with van der Waals surface area (Å²) in [4.78, 5) is 26.0. The Morgan fingerprint density at radius 1 is 1.18 bits per heavy atom. The summed E-state index contributed by atoms with van der Waals surface area (Å²) in [6, 6.07) is 10.2. The summed E-state index contributed by atoms with van der Waals surface area (Å²) in [5.41, 5.74) is 4.55. The summed E-state index contributed by atoms with van der Waals surface area (Å²) in [5, 5.41) is 16.8. The SMILES string of the molecule is CCN(CC)c1ccc(C=NNC(=O)C(=O)Nc2cccc(Cl)c2C)c(O)c1. The van der Waals surface area contributed by atoms with Crippen molar-refractivity contribution < 1.29 is 14.7 Å². The second-order valence-corrected chi connectivity index (χ2v) is 6.39. The summed E-state index contributed by atoms with van der Waals surface area (Å²) in [7, 11) is 0. The summed E-state index contributed by atoms with van der Waals surface area (Å²) in [6.45, 7) is 7.43. The highest BCUT2D eigenvalue weighted by Crippen LogP contribution is 2.24. The molecule has 0 spiro atoms. The second-order valence-electron chi connectivity index (χ2n) is 5.98. The Kier molecular flexibility index (Phi) is 7.40. The number of phenolic OH excluding ortho intramolecular Hbond substituents is 1. The van der Waals surface area contributed by atoms with Crippen molar-refractivity contribution in [1.82, 2.24) is 5.43 Å². The Labute approximate surface area is 169 Å². The van der Waals surface area contributed by atoms with Crippen LogP contribution in [0.3, 0.4) is 0 Å². The van der Waals surface area contributed by atoms with Crippen LogP contribution in [0.5, 0.6) is 5.75 Å². The number of nitrogens with zero attached hydrogens (tertiary/aromatic N) is 2. The molecule has 0 aromatic heterocycles. The van der Waals surface area contributed by atoms with Gasteiger partial charge in [0.15, 0.2) is 0 Å². The molecule has 2 rings (SSSR count). The normalized spacial score (nSPS) is 10.7. The molecule has 2 aromatic carbocycles. The van der Waals surface area contributed by atoms with Crippen molar-refractivity contribution >= 4 is 41.0 Å². The lowest BCUT2D eigenvalue weighted by Crippen LogP contribution is -2.32. The van der Waals surface area contributed by atoms with Crippen molar-refractivity contribution in [2.75, 3.05) is 23.3 Å². The highest BCUT2D eigenvalue weighted by atomic mass is 35.5. The van der Waals surface area contributed by atoms with E-state index in [1.807, 2.05) is 19.9 Å². The number of nitrogens with one attached hydrogen (secondary N) is 2. The molecule has 0 aliphatic rings. The molecule has 0 aliphatic carbocycles. The van der Waals surface area contributed by atoms with Gasteiger partial charge in [0.05, 0.1) is 6.21 Å². The molecule has 0 bridgehead atoms. The van der Waals surface area contributed by atoms with Crippen LogP contribution in [0.4, 0.5) is 11.4 Å². The van der Waals surface area contributed by atoms with E-state index in [0.29, 0.717) is 21.8 Å². The summed E-state index contributed by atoms with van der Waals surface area (Å²) in [5.74, 6) is -1.78. The van der Waals surface area contributed by atoms with E-state index < -0.39 is 11.8 Å². The predicted molar refractivity (Wildman–Crippen MR) is 112 cm³/mol.